The molecule has 0 radical (unpaired) electrons. The van der Waals surface area contributed by atoms with Gasteiger partial charge in [0.25, 0.3) is 0 Å². The topological polar surface area (TPSA) is 9.23 Å². The van der Waals surface area contributed by atoms with Crippen LogP contribution in [0.25, 0.3) is 0 Å². The highest BCUT2D eigenvalue weighted by Crippen LogP contribution is 2.18. The van der Waals surface area contributed by atoms with Crippen molar-refractivity contribution in [3.63, 3.8) is 0 Å². The molecule has 0 fully saturated rings. The maximum Gasteiger partial charge on any atom is 0.228 e. The zero-order valence-electron chi connectivity index (χ0n) is 5.44. The molecule has 0 bridgehead atoms. The SMILES string of the molecule is FCOC1=CCCC(F)=C1. The van der Waals surface area contributed by atoms with Crippen molar-refractivity contribution >= 4 is 0 Å². The molecule has 0 atom stereocenters. The molecule has 3 heteroatoms. The maximum absolute atomic E-state index is 12.4. The summed E-state index contributed by atoms with van der Waals surface area (Å²) in [4.78, 5) is 0. The molecule has 1 nitrogen and oxygen atoms in total. The molecular formula is C7H8F2O. The second kappa shape index (κ2) is 3.34. The van der Waals surface area contributed by atoms with Crippen molar-refractivity contribution in [1.29, 1.82) is 0 Å². The van der Waals surface area contributed by atoms with Crippen LogP contribution in [0.4, 0.5) is 8.78 Å². The maximum atomic E-state index is 12.4. The third kappa shape index (κ3) is 1.83. The van der Waals surface area contributed by atoms with Gasteiger partial charge in [0.1, 0.15) is 11.6 Å². The Morgan fingerprint density at radius 1 is 1.60 bits per heavy atom. The molecule has 0 aromatic rings. The van der Waals surface area contributed by atoms with Gasteiger partial charge in [-0.1, -0.05) is 0 Å². The van der Waals surface area contributed by atoms with Crippen LogP contribution in [0.3, 0.4) is 0 Å². The van der Waals surface area contributed by atoms with Gasteiger partial charge in [-0.25, -0.2) is 8.78 Å². The Balaban J connectivity index is 2.51. The first-order valence-electron chi connectivity index (χ1n) is 3.08. The molecule has 0 unspecified atom stereocenters. The van der Waals surface area contributed by atoms with Crippen LogP contribution < -0.4 is 0 Å². The van der Waals surface area contributed by atoms with E-state index in [1.165, 1.54) is 6.08 Å². The third-order valence-corrected chi connectivity index (χ3v) is 1.25. The summed E-state index contributed by atoms with van der Waals surface area (Å²) in [5, 5.41) is 0. The molecule has 56 valence electrons. The number of ether oxygens (including phenoxy) is 1. The minimum atomic E-state index is -0.893. The number of rotatable bonds is 2. The van der Waals surface area contributed by atoms with E-state index in [0.29, 0.717) is 18.6 Å². The fourth-order valence-corrected chi connectivity index (χ4v) is 0.801. The Morgan fingerprint density at radius 2 is 2.40 bits per heavy atom. The zero-order chi connectivity index (χ0) is 7.40. The summed E-state index contributed by atoms with van der Waals surface area (Å²) < 4.78 is 28.3. The lowest BCUT2D eigenvalue weighted by atomic mass is 10.1. The van der Waals surface area contributed by atoms with Crippen LogP contribution >= 0.6 is 0 Å². The number of allylic oxidation sites excluding steroid dienone is 3. The first kappa shape index (κ1) is 7.25. The molecular weight excluding hydrogens is 138 g/mol. The summed E-state index contributed by atoms with van der Waals surface area (Å²) in [6.07, 6.45) is 3.88. The highest BCUT2D eigenvalue weighted by Gasteiger charge is 2.04. The van der Waals surface area contributed by atoms with Gasteiger partial charge in [0, 0.05) is 12.5 Å². The largest absolute Gasteiger partial charge is 0.463 e. The summed E-state index contributed by atoms with van der Waals surface area (Å²) in [7, 11) is 0. The smallest absolute Gasteiger partial charge is 0.228 e. The Kier molecular flexibility index (Phi) is 2.42. The minimum Gasteiger partial charge on any atom is -0.463 e. The zero-order valence-corrected chi connectivity index (χ0v) is 5.44. The van der Waals surface area contributed by atoms with Crippen molar-refractivity contribution < 1.29 is 13.5 Å². The van der Waals surface area contributed by atoms with E-state index in [0.717, 1.165) is 0 Å². The molecule has 0 aliphatic heterocycles. The van der Waals surface area contributed by atoms with E-state index in [2.05, 4.69) is 4.74 Å². The van der Waals surface area contributed by atoms with E-state index in [1.54, 1.807) is 6.08 Å². The lowest BCUT2D eigenvalue weighted by Crippen LogP contribution is -1.92. The van der Waals surface area contributed by atoms with Gasteiger partial charge in [0.05, 0.1) is 0 Å². The van der Waals surface area contributed by atoms with Crippen molar-refractivity contribution in [2.75, 3.05) is 6.86 Å². The number of hydrogen-bond donors (Lipinski definition) is 0. The van der Waals surface area contributed by atoms with E-state index >= 15 is 0 Å². The van der Waals surface area contributed by atoms with Crippen LogP contribution in [0.15, 0.2) is 23.7 Å². The Labute approximate surface area is 58.0 Å². The Bertz CT molecular complexity index is 172. The van der Waals surface area contributed by atoms with E-state index in [-0.39, 0.29) is 5.83 Å². The predicted octanol–water partition coefficient (Wildman–Crippen LogP) is 2.46. The van der Waals surface area contributed by atoms with Gasteiger partial charge in [0.2, 0.25) is 6.86 Å². The Morgan fingerprint density at radius 3 is 3.00 bits per heavy atom. The summed E-state index contributed by atoms with van der Waals surface area (Å²) in [6, 6.07) is 0. The molecule has 0 spiro atoms. The molecule has 1 rings (SSSR count). The quantitative estimate of drug-likeness (QED) is 0.581. The van der Waals surface area contributed by atoms with Gasteiger partial charge >= 0.3 is 0 Å². The van der Waals surface area contributed by atoms with E-state index in [9.17, 15) is 8.78 Å². The Hall–Kier alpha value is -0.860. The highest BCUT2D eigenvalue weighted by molar-refractivity contribution is 5.19. The molecule has 0 aromatic carbocycles. The first-order chi connectivity index (χ1) is 4.83. The third-order valence-electron chi connectivity index (χ3n) is 1.25. The van der Waals surface area contributed by atoms with Gasteiger partial charge in [-0.15, -0.1) is 0 Å². The van der Waals surface area contributed by atoms with Crippen LogP contribution in [0.1, 0.15) is 12.8 Å². The van der Waals surface area contributed by atoms with Gasteiger partial charge < -0.3 is 4.74 Å². The highest BCUT2D eigenvalue weighted by atomic mass is 19.1. The molecule has 0 amide bonds. The van der Waals surface area contributed by atoms with Crippen molar-refractivity contribution in [2.24, 2.45) is 0 Å². The normalized spacial score (nSPS) is 17.8. The molecule has 1 aliphatic rings. The number of halogens is 2. The molecule has 0 heterocycles. The van der Waals surface area contributed by atoms with Gasteiger partial charge in [-0.05, 0) is 12.5 Å². The van der Waals surface area contributed by atoms with Crippen LogP contribution in [-0.4, -0.2) is 6.86 Å². The first-order valence-corrected chi connectivity index (χ1v) is 3.08. The molecule has 0 aromatic heterocycles. The summed E-state index contributed by atoms with van der Waals surface area (Å²) >= 11 is 0. The van der Waals surface area contributed by atoms with Crippen molar-refractivity contribution in [1.82, 2.24) is 0 Å². The minimum absolute atomic E-state index is 0.244. The summed E-state index contributed by atoms with van der Waals surface area (Å²) in [6.45, 7) is -0.893. The number of hydrogen-bond acceptors (Lipinski definition) is 1. The van der Waals surface area contributed by atoms with Crippen LogP contribution in [0.2, 0.25) is 0 Å². The molecule has 0 saturated heterocycles. The molecule has 10 heavy (non-hydrogen) atoms. The lowest BCUT2D eigenvalue weighted by molar-refractivity contribution is 0.122. The van der Waals surface area contributed by atoms with Crippen molar-refractivity contribution in [3.05, 3.63) is 23.7 Å². The fraction of sp³-hybridized carbons (Fsp3) is 0.429. The average molecular weight is 146 g/mol. The van der Waals surface area contributed by atoms with Crippen LogP contribution in [0, 0.1) is 0 Å². The van der Waals surface area contributed by atoms with Gasteiger partial charge in [0.15, 0.2) is 0 Å². The van der Waals surface area contributed by atoms with Gasteiger partial charge in [-0.2, -0.15) is 0 Å². The predicted molar refractivity (Wildman–Crippen MR) is 33.6 cm³/mol. The fourth-order valence-electron chi connectivity index (χ4n) is 0.801. The number of alkyl halides is 1. The lowest BCUT2D eigenvalue weighted by Gasteiger charge is -2.06. The van der Waals surface area contributed by atoms with E-state index in [1.807, 2.05) is 0 Å². The summed E-state index contributed by atoms with van der Waals surface area (Å²) in [5.74, 6) is 0.0530. The standard InChI is InChI=1S/C7H8F2O/c8-5-10-7-3-1-2-6(9)4-7/h3-4H,1-2,5H2. The van der Waals surface area contributed by atoms with E-state index in [4.69, 9.17) is 0 Å². The van der Waals surface area contributed by atoms with Crippen molar-refractivity contribution in [2.45, 2.75) is 12.8 Å². The second-order valence-electron chi connectivity index (χ2n) is 1.99. The van der Waals surface area contributed by atoms with Gasteiger partial charge in [-0.3, -0.25) is 0 Å². The summed E-state index contributed by atoms with van der Waals surface area (Å²) in [5.41, 5.74) is 0. The molecule has 1 aliphatic carbocycles. The van der Waals surface area contributed by atoms with Crippen LogP contribution in [-0.2, 0) is 4.74 Å². The second-order valence-corrected chi connectivity index (χ2v) is 1.99. The van der Waals surface area contributed by atoms with Crippen molar-refractivity contribution in [3.8, 4) is 0 Å². The average Bonchev–Trinajstić information content (AvgIpc) is 1.88. The molecule has 0 N–H and O–H groups in total. The van der Waals surface area contributed by atoms with Crippen LogP contribution in [0.5, 0.6) is 0 Å². The van der Waals surface area contributed by atoms with E-state index < -0.39 is 6.86 Å². The monoisotopic (exact) mass is 146 g/mol. The molecule has 0 saturated carbocycles.